The van der Waals surface area contributed by atoms with Crippen LogP contribution < -0.4 is 4.74 Å². The van der Waals surface area contributed by atoms with E-state index in [9.17, 15) is 24.0 Å². The van der Waals surface area contributed by atoms with Crippen molar-refractivity contribution in [2.75, 3.05) is 85.7 Å². The molecule has 0 saturated carbocycles. The molecule has 0 aromatic heterocycles. The lowest BCUT2D eigenvalue weighted by molar-refractivity contribution is 0.0302. The van der Waals surface area contributed by atoms with Crippen LogP contribution in [-0.2, 0) is 43.3 Å². The largest absolute Gasteiger partial charge is 0.457 e. The highest BCUT2D eigenvalue weighted by atomic mass is 16.5. The van der Waals surface area contributed by atoms with Gasteiger partial charge in [0.1, 0.15) is 11.5 Å². The van der Waals surface area contributed by atoms with E-state index in [-0.39, 0.29) is 29.4 Å². The Labute approximate surface area is 614 Å². The zero-order valence-electron chi connectivity index (χ0n) is 64.6. The Hall–Kier alpha value is -8.19. The SMILES string of the molecule is CC(=O)c1cccc(CC(C)C)c1.CC(C)Cc1cccc(C(=O)N2CCCC2)c1.CC(C)Cc1cccc(C(=O)N2CCCCC2)c1.CC(C)Cc1cccc(C(=O)N2CCN(C)CC2)c1.CC(C)Cc1cccc(C(=O)N2CCOCC2)c1.CC(C)Cc1cccc(Oc2ccccc2)c1. The van der Waals surface area contributed by atoms with Crippen molar-refractivity contribution in [3.8, 4) is 11.5 Å². The van der Waals surface area contributed by atoms with Gasteiger partial charge in [-0.1, -0.05) is 180 Å². The molecular formula is C90H123N5O7. The molecule has 0 aliphatic carbocycles. The average Bonchev–Trinajstić information content (AvgIpc) is 1.11. The average molecular weight is 1390 g/mol. The Morgan fingerprint density at radius 1 is 0.314 bits per heavy atom. The number of likely N-dealkylation sites (tertiary alicyclic amines) is 2. The van der Waals surface area contributed by atoms with Crippen LogP contribution in [0, 0.1) is 35.5 Å². The molecule has 4 aliphatic rings. The highest BCUT2D eigenvalue weighted by molar-refractivity contribution is 5.96. The topological polar surface area (TPSA) is 120 Å². The van der Waals surface area contributed by atoms with Gasteiger partial charge in [-0.2, -0.15) is 0 Å². The number of hydrogen-bond acceptors (Lipinski definition) is 8. The third kappa shape index (κ3) is 30.8. The number of Topliss-reactive ketones (excluding diaryl/α,β-unsaturated/α-hetero) is 1. The molecule has 4 saturated heterocycles. The van der Waals surface area contributed by atoms with Crippen molar-refractivity contribution in [1.82, 2.24) is 24.5 Å². The van der Waals surface area contributed by atoms with E-state index in [1.165, 1.54) is 39.8 Å². The van der Waals surface area contributed by atoms with Crippen molar-refractivity contribution in [1.29, 1.82) is 0 Å². The lowest BCUT2D eigenvalue weighted by Crippen LogP contribution is -2.47. The number of piperazine rings is 1. The number of carbonyl (C=O) groups is 5. The molecule has 0 N–H and O–H groups in total. The summed E-state index contributed by atoms with van der Waals surface area (Å²) in [6, 6.07) is 58.4. The summed E-state index contributed by atoms with van der Waals surface area (Å²) in [4.78, 5) is 70.5. The van der Waals surface area contributed by atoms with Crippen LogP contribution in [0.15, 0.2) is 176 Å². The summed E-state index contributed by atoms with van der Waals surface area (Å²) < 4.78 is 11.1. The van der Waals surface area contributed by atoms with Gasteiger partial charge in [-0.25, -0.2) is 0 Å². The van der Waals surface area contributed by atoms with Gasteiger partial charge in [0.05, 0.1) is 13.2 Å². The Bertz CT molecular complexity index is 3550. The van der Waals surface area contributed by atoms with E-state index >= 15 is 0 Å². The lowest BCUT2D eigenvalue weighted by atomic mass is 10.00. The third-order valence-electron chi connectivity index (χ3n) is 17.9. The molecule has 4 aliphatic heterocycles. The standard InChI is InChI=1S/C16H24N2O.C16H23NO.C16H18O.C15H21NO2.C15H21NO.C12H16O/c1-13(2)11-14-5-4-6-15(12-14)16(19)18-9-7-17(3)8-10-18;1-13(2)11-14-7-6-8-15(12-14)16(18)17-9-4-3-5-10-17;1-13(2)11-14-7-6-10-16(12-14)17-15-8-4-3-5-9-15;1-12(2)10-13-4-3-5-14(11-13)15(17)16-6-8-18-9-7-16;1-12(2)10-13-6-5-7-14(11-13)15(17)16-8-3-4-9-16;1-9(2)7-11-5-4-6-12(8-11)10(3)13/h4-6,12-13H,7-11H2,1-3H3;6-8,12-13H,3-5,9-11H2,1-2H3;3-10,12-13H,11H2,1-2H3;3-5,11-12H,6-10H2,1-2H3;5-7,11-12H,3-4,8-10H2,1-2H3;4-6,8-9H,7H2,1-3H3. The van der Waals surface area contributed by atoms with E-state index < -0.39 is 0 Å². The molecule has 550 valence electrons. The van der Waals surface area contributed by atoms with Crippen molar-refractivity contribution < 1.29 is 33.4 Å². The number of likely N-dealkylation sites (N-methyl/N-ethyl adjacent to an activating group) is 1. The van der Waals surface area contributed by atoms with E-state index in [1.807, 2.05) is 129 Å². The number of benzene rings is 7. The molecule has 102 heavy (non-hydrogen) atoms. The molecule has 12 nitrogen and oxygen atoms in total. The van der Waals surface area contributed by atoms with Gasteiger partial charge in [-0.15, -0.1) is 0 Å². The first-order valence-corrected chi connectivity index (χ1v) is 38.1. The van der Waals surface area contributed by atoms with Gasteiger partial charge in [-0.05, 0) is 232 Å². The molecule has 7 aromatic carbocycles. The number of hydrogen-bond donors (Lipinski definition) is 0. The Morgan fingerprint density at radius 3 is 0.922 bits per heavy atom. The number of piperidine rings is 1. The van der Waals surface area contributed by atoms with Crippen molar-refractivity contribution in [3.05, 3.63) is 237 Å². The van der Waals surface area contributed by atoms with E-state index in [2.05, 4.69) is 162 Å². The summed E-state index contributed by atoms with van der Waals surface area (Å²) in [6.07, 6.45) is 12.1. The summed E-state index contributed by atoms with van der Waals surface area (Å²) in [7, 11) is 2.10. The predicted molar refractivity (Wildman–Crippen MR) is 421 cm³/mol. The van der Waals surface area contributed by atoms with E-state index in [0.29, 0.717) is 61.8 Å². The maximum Gasteiger partial charge on any atom is 0.254 e. The molecule has 0 atom stereocenters. The van der Waals surface area contributed by atoms with Crippen molar-refractivity contribution >= 4 is 29.4 Å². The number of amides is 4. The van der Waals surface area contributed by atoms with Gasteiger partial charge >= 0.3 is 0 Å². The highest BCUT2D eigenvalue weighted by Crippen LogP contribution is 2.24. The van der Waals surface area contributed by atoms with Crippen LogP contribution in [0.4, 0.5) is 0 Å². The number of carbonyl (C=O) groups excluding carboxylic acids is 5. The normalized spacial score (nSPS) is 14.5. The number of ketones is 1. The third-order valence-corrected chi connectivity index (χ3v) is 17.9. The van der Waals surface area contributed by atoms with E-state index in [0.717, 1.165) is 156 Å². The van der Waals surface area contributed by atoms with Crippen molar-refractivity contribution in [2.45, 2.75) is 161 Å². The lowest BCUT2D eigenvalue weighted by Gasteiger charge is -2.32. The minimum atomic E-state index is 0.129. The first-order valence-electron chi connectivity index (χ1n) is 38.1. The molecular weight excluding hydrogens is 1260 g/mol. The Balaban J connectivity index is 0.000000193. The van der Waals surface area contributed by atoms with Crippen LogP contribution in [0.1, 0.15) is 207 Å². The number of ether oxygens (including phenoxy) is 2. The van der Waals surface area contributed by atoms with Crippen LogP contribution >= 0.6 is 0 Å². The van der Waals surface area contributed by atoms with Crippen LogP contribution in [-0.4, -0.2) is 140 Å². The van der Waals surface area contributed by atoms with Gasteiger partial charge in [0.15, 0.2) is 5.78 Å². The summed E-state index contributed by atoms with van der Waals surface area (Å²) in [5, 5.41) is 0. The first kappa shape index (κ1) is 82.8. The molecule has 4 fully saturated rings. The zero-order chi connectivity index (χ0) is 73.9. The summed E-state index contributed by atoms with van der Waals surface area (Å²) >= 11 is 0. The fraction of sp³-hybridized carbons (Fsp3) is 0.478. The molecule has 11 rings (SSSR count). The minimum absolute atomic E-state index is 0.129. The van der Waals surface area contributed by atoms with Gasteiger partial charge in [0, 0.05) is 93.3 Å². The smallest absolute Gasteiger partial charge is 0.254 e. The molecule has 4 heterocycles. The van der Waals surface area contributed by atoms with Gasteiger partial charge in [0.2, 0.25) is 0 Å². The van der Waals surface area contributed by atoms with Gasteiger partial charge in [0.25, 0.3) is 23.6 Å². The fourth-order valence-electron chi connectivity index (χ4n) is 13.0. The predicted octanol–water partition coefficient (Wildman–Crippen LogP) is 19.0. The number of para-hydroxylation sites is 1. The van der Waals surface area contributed by atoms with Crippen LogP contribution in [0.2, 0.25) is 0 Å². The maximum absolute atomic E-state index is 12.5. The quantitative estimate of drug-likeness (QED) is 0.0734. The molecule has 7 aromatic rings. The summed E-state index contributed by atoms with van der Waals surface area (Å²) in [5.74, 6) is 6.46. The van der Waals surface area contributed by atoms with Crippen LogP contribution in [0.25, 0.3) is 0 Å². The minimum Gasteiger partial charge on any atom is -0.457 e. The second-order valence-corrected chi connectivity index (χ2v) is 30.6. The maximum atomic E-state index is 12.5. The van der Waals surface area contributed by atoms with Crippen LogP contribution in [0.3, 0.4) is 0 Å². The second-order valence-electron chi connectivity index (χ2n) is 30.6. The number of nitrogens with zero attached hydrogens (tertiary/aromatic N) is 5. The highest BCUT2D eigenvalue weighted by Gasteiger charge is 2.23. The van der Waals surface area contributed by atoms with Crippen LogP contribution in [0.5, 0.6) is 11.5 Å². The van der Waals surface area contributed by atoms with Gasteiger partial charge in [-0.3, -0.25) is 24.0 Å². The molecule has 0 radical (unpaired) electrons. The first-order chi connectivity index (χ1) is 48.9. The number of morpholine rings is 1. The van der Waals surface area contributed by atoms with E-state index in [1.54, 1.807) is 6.92 Å². The van der Waals surface area contributed by atoms with E-state index in [4.69, 9.17) is 9.47 Å². The molecule has 4 amide bonds. The Kier molecular flexibility index (Phi) is 36.0. The zero-order valence-corrected chi connectivity index (χ0v) is 64.6. The molecule has 12 heteroatoms. The monoisotopic (exact) mass is 1390 g/mol. The molecule has 0 spiro atoms. The summed E-state index contributed by atoms with van der Waals surface area (Å²) in [5.41, 5.74) is 11.8. The van der Waals surface area contributed by atoms with Crippen molar-refractivity contribution in [2.24, 2.45) is 35.5 Å². The summed E-state index contributed by atoms with van der Waals surface area (Å²) in [6.45, 7) is 38.0. The second kappa shape index (κ2) is 44.4. The molecule has 0 bridgehead atoms. The van der Waals surface area contributed by atoms with Gasteiger partial charge < -0.3 is 34.0 Å². The fourth-order valence-corrected chi connectivity index (χ4v) is 13.0. The number of rotatable bonds is 19. The molecule has 0 unspecified atom stereocenters. The van der Waals surface area contributed by atoms with Crippen molar-refractivity contribution in [3.63, 3.8) is 0 Å². The Morgan fingerprint density at radius 2 is 0.588 bits per heavy atom.